The van der Waals surface area contributed by atoms with Crippen LogP contribution in [0.3, 0.4) is 0 Å². The van der Waals surface area contributed by atoms with Crippen molar-refractivity contribution in [3.63, 3.8) is 0 Å². The predicted octanol–water partition coefficient (Wildman–Crippen LogP) is 1.63. The molecule has 0 unspecified atom stereocenters. The van der Waals surface area contributed by atoms with Gasteiger partial charge in [0.05, 0.1) is 12.0 Å². The maximum absolute atomic E-state index is 12.2. The lowest BCUT2D eigenvalue weighted by atomic mass is 10.2. The number of sulfonamides is 1. The molecule has 21 heavy (non-hydrogen) atoms. The molecule has 0 aromatic heterocycles. The van der Waals surface area contributed by atoms with E-state index in [0.717, 1.165) is 16.9 Å². The molecule has 0 radical (unpaired) electrons. The van der Waals surface area contributed by atoms with Crippen LogP contribution in [0.4, 0.5) is 0 Å². The summed E-state index contributed by atoms with van der Waals surface area (Å²) in [5.41, 5.74) is 7.24. The number of nitrogens with one attached hydrogen (secondary N) is 1. The summed E-state index contributed by atoms with van der Waals surface area (Å²) < 4.78 is 31.9. The van der Waals surface area contributed by atoms with Crippen LogP contribution in [0.1, 0.15) is 11.1 Å². The lowest BCUT2D eigenvalue weighted by Crippen LogP contribution is -2.23. The maximum atomic E-state index is 12.2. The van der Waals surface area contributed by atoms with E-state index < -0.39 is 10.0 Å². The monoisotopic (exact) mass is 306 g/mol. The molecule has 2 aromatic rings. The molecule has 112 valence electrons. The van der Waals surface area contributed by atoms with Gasteiger partial charge in [0, 0.05) is 13.1 Å². The van der Waals surface area contributed by atoms with E-state index in [9.17, 15) is 8.42 Å². The minimum atomic E-state index is -3.52. The van der Waals surface area contributed by atoms with Crippen LogP contribution in [0.5, 0.6) is 5.75 Å². The molecule has 0 aliphatic heterocycles. The number of rotatable bonds is 6. The Kier molecular flexibility index (Phi) is 4.95. The zero-order valence-corrected chi connectivity index (χ0v) is 12.6. The molecule has 3 N–H and O–H groups in total. The fourth-order valence-corrected chi connectivity index (χ4v) is 2.83. The Labute approximate surface area is 124 Å². The summed E-state index contributed by atoms with van der Waals surface area (Å²) in [5, 5.41) is 0. The summed E-state index contributed by atoms with van der Waals surface area (Å²) in [6.45, 7) is 0.616. The molecule has 0 saturated carbocycles. The van der Waals surface area contributed by atoms with Gasteiger partial charge in [-0.25, -0.2) is 13.1 Å². The van der Waals surface area contributed by atoms with E-state index in [1.165, 1.54) is 0 Å². The lowest BCUT2D eigenvalue weighted by molar-refractivity contribution is 0.414. The molecule has 0 aliphatic carbocycles. The third kappa shape index (κ3) is 4.04. The first-order valence-electron chi connectivity index (χ1n) is 6.47. The van der Waals surface area contributed by atoms with Gasteiger partial charge in [0.2, 0.25) is 10.0 Å². The molecule has 0 aliphatic rings. The Balaban J connectivity index is 2.05. The lowest BCUT2D eigenvalue weighted by Gasteiger charge is -2.08. The van der Waals surface area contributed by atoms with Crippen molar-refractivity contribution in [2.24, 2.45) is 5.73 Å². The molecule has 0 fully saturated rings. The van der Waals surface area contributed by atoms with Crippen LogP contribution in [0.25, 0.3) is 0 Å². The predicted molar refractivity (Wildman–Crippen MR) is 81.4 cm³/mol. The molecular weight excluding hydrogens is 288 g/mol. The molecule has 0 spiro atoms. The maximum Gasteiger partial charge on any atom is 0.240 e. The molecule has 0 atom stereocenters. The van der Waals surface area contributed by atoms with Crippen LogP contribution >= 0.6 is 0 Å². The summed E-state index contributed by atoms with van der Waals surface area (Å²) in [7, 11) is -1.94. The average molecular weight is 306 g/mol. The number of methoxy groups -OCH3 is 1. The van der Waals surface area contributed by atoms with Gasteiger partial charge in [0.15, 0.2) is 0 Å². The third-order valence-electron chi connectivity index (χ3n) is 3.09. The van der Waals surface area contributed by atoms with E-state index in [1.54, 1.807) is 43.5 Å². The third-order valence-corrected chi connectivity index (χ3v) is 4.51. The highest BCUT2D eigenvalue weighted by Gasteiger charge is 2.13. The molecule has 0 heterocycles. The number of hydrogen-bond acceptors (Lipinski definition) is 4. The van der Waals surface area contributed by atoms with E-state index in [2.05, 4.69) is 4.72 Å². The quantitative estimate of drug-likeness (QED) is 0.850. The van der Waals surface area contributed by atoms with Gasteiger partial charge >= 0.3 is 0 Å². The van der Waals surface area contributed by atoms with Crippen molar-refractivity contribution in [1.29, 1.82) is 0 Å². The highest BCUT2D eigenvalue weighted by molar-refractivity contribution is 7.89. The van der Waals surface area contributed by atoms with E-state index in [1.807, 2.05) is 12.1 Å². The molecule has 2 aromatic carbocycles. The Bertz CT molecular complexity index is 680. The fourth-order valence-electron chi connectivity index (χ4n) is 1.81. The highest BCUT2D eigenvalue weighted by Crippen LogP contribution is 2.13. The van der Waals surface area contributed by atoms with Crippen molar-refractivity contribution < 1.29 is 13.2 Å². The van der Waals surface area contributed by atoms with Crippen molar-refractivity contribution in [1.82, 2.24) is 4.72 Å². The van der Waals surface area contributed by atoms with Gasteiger partial charge in [-0.3, -0.25) is 0 Å². The zero-order valence-electron chi connectivity index (χ0n) is 11.7. The van der Waals surface area contributed by atoms with Crippen molar-refractivity contribution in [2.75, 3.05) is 7.11 Å². The van der Waals surface area contributed by atoms with E-state index in [4.69, 9.17) is 10.5 Å². The molecule has 0 amide bonds. The Hall–Kier alpha value is -1.89. The zero-order chi connectivity index (χ0) is 15.3. The first-order chi connectivity index (χ1) is 10.0. The Morgan fingerprint density at radius 2 is 1.57 bits per heavy atom. The van der Waals surface area contributed by atoms with Crippen LogP contribution in [0.2, 0.25) is 0 Å². The SMILES string of the molecule is COc1ccc(CNS(=O)(=O)c2ccc(CN)cc2)cc1. The van der Waals surface area contributed by atoms with Crippen LogP contribution < -0.4 is 15.2 Å². The van der Waals surface area contributed by atoms with Crippen molar-refractivity contribution in [3.05, 3.63) is 59.7 Å². The molecular formula is C15H18N2O3S. The van der Waals surface area contributed by atoms with Gasteiger partial charge in [-0.2, -0.15) is 0 Å². The van der Waals surface area contributed by atoms with E-state index in [0.29, 0.717) is 6.54 Å². The smallest absolute Gasteiger partial charge is 0.240 e. The van der Waals surface area contributed by atoms with Gasteiger partial charge < -0.3 is 10.5 Å². The minimum absolute atomic E-state index is 0.227. The molecule has 2 rings (SSSR count). The Morgan fingerprint density at radius 1 is 1.00 bits per heavy atom. The first kappa shape index (κ1) is 15.5. The summed E-state index contributed by atoms with van der Waals surface area (Å²) in [4.78, 5) is 0.230. The molecule has 5 nitrogen and oxygen atoms in total. The number of ether oxygens (including phenoxy) is 1. The van der Waals surface area contributed by atoms with Crippen LogP contribution in [0, 0.1) is 0 Å². The van der Waals surface area contributed by atoms with Crippen LogP contribution in [-0.2, 0) is 23.1 Å². The second-order valence-corrected chi connectivity index (χ2v) is 6.29. The first-order valence-corrected chi connectivity index (χ1v) is 7.95. The van der Waals surface area contributed by atoms with Crippen molar-refractivity contribution in [3.8, 4) is 5.75 Å². The topological polar surface area (TPSA) is 81.4 Å². The summed E-state index contributed by atoms with van der Waals surface area (Å²) >= 11 is 0. The summed E-state index contributed by atoms with van der Waals surface area (Å²) in [6, 6.07) is 13.7. The van der Waals surface area contributed by atoms with Gasteiger partial charge in [-0.05, 0) is 35.4 Å². The van der Waals surface area contributed by atoms with Crippen LogP contribution in [-0.4, -0.2) is 15.5 Å². The minimum Gasteiger partial charge on any atom is -0.497 e. The average Bonchev–Trinajstić information content (AvgIpc) is 2.53. The standard InChI is InChI=1S/C15H18N2O3S/c1-20-14-6-2-13(3-7-14)11-17-21(18,19)15-8-4-12(10-16)5-9-15/h2-9,17H,10-11,16H2,1H3. The van der Waals surface area contributed by atoms with Gasteiger partial charge in [0.25, 0.3) is 0 Å². The van der Waals surface area contributed by atoms with Gasteiger partial charge in [-0.1, -0.05) is 24.3 Å². The normalized spacial score (nSPS) is 11.3. The number of hydrogen-bond donors (Lipinski definition) is 2. The second-order valence-electron chi connectivity index (χ2n) is 4.52. The van der Waals surface area contributed by atoms with Gasteiger partial charge in [-0.15, -0.1) is 0 Å². The highest BCUT2D eigenvalue weighted by atomic mass is 32.2. The van der Waals surface area contributed by atoms with E-state index >= 15 is 0 Å². The largest absolute Gasteiger partial charge is 0.497 e. The summed E-state index contributed by atoms with van der Waals surface area (Å²) in [6.07, 6.45) is 0. The van der Waals surface area contributed by atoms with Crippen LogP contribution in [0.15, 0.2) is 53.4 Å². The Morgan fingerprint density at radius 3 is 2.10 bits per heavy atom. The number of nitrogens with two attached hydrogens (primary N) is 1. The molecule has 0 saturated heterocycles. The van der Waals surface area contributed by atoms with Crippen molar-refractivity contribution in [2.45, 2.75) is 18.0 Å². The fraction of sp³-hybridized carbons (Fsp3) is 0.200. The molecule has 0 bridgehead atoms. The van der Waals surface area contributed by atoms with Crippen molar-refractivity contribution >= 4 is 10.0 Å². The second kappa shape index (κ2) is 6.71. The van der Waals surface area contributed by atoms with Gasteiger partial charge in [0.1, 0.15) is 5.75 Å². The summed E-state index contributed by atoms with van der Waals surface area (Å²) in [5.74, 6) is 0.735. The number of benzene rings is 2. The van der Waals surface area contributed by atoms with E-state index in [-0.39, 0.29) is 11.4 Å². The molecule has 6 heteroatoms.